The largest absolute Gasteiger partial charge is 0.378 e. The zero-order valence-corrected chi connectivity index (χ0v) is 18.8. The molecule has 3 heterocycles. The first kappa shape index (κ1) is 22.2. The lowest BCUT2D eigenvalue weighted by molar-refractivity contribution is -0.143. The van der Waals surface area contributed by atoms with E-state index in [1.807, 2.05) is 13.0 Å². The maximum Gasteiger partial charge on any atom is 0.262 e. The lowest BCUT2D eigenvalue weighted by Crippen LogP contribution is -2.68. The summed E-state index contributed by atoms with van der Waals surface area (Å²) in [4.78, 5) is 50.6. The Hall–Kier alpha value is -2.62. The first-order chi connectivity index (χ1) is 15.9. The van der Waals surface area contributed by atoms with Gasteiger partial charge in [0.15, 0.2) is 0 Å². The summed E-state index contributed by atoms with van der Waals surface area (Å²) in [6.45, 7) is 5.30. The second-order valence-electron chi connectivity index (χ2n) is 9.45. The fraction of sp³-hybridized carbons (Fsp3) is 0.583. The SMILES string of the molecule is CCOC1CC(NCc2ccc3c(c2)C(=O)N(C2CCC(=O)NC2=O)C3=O)C12CCCNC2. The molecule has 0 bridgehead atoms. The number of hydrogen-bond donors (Lipinski definition) is 3. The molecule has 4 amide bonds. The minimum absolute atomic E-state index is 0.0966. The monoisotopic (exact) mass is 454 g/mol. The Morgan fingerprint density at radius 1 is 1.18 bits per heavy atom. The predicted octanol–water partition coefficient (Wildman–Crippen LogP) is 0.725. The zero-order chi connectivity index (χ0) is 23.2. The third kappa shape index (κ3) is 3.68. The van der Waals surface area contributed by atoms with Crippen LogP contribution in [-0.4, -0.2) is 66.4 Å². The highest BCUT2D eigenvalue weighted by Crippen LogP contribution is 2.48. The van der Waals surface area contributed by atoms with Crippen LogP contribution in [0.5, 0.6) is 0 Å². The first-order valence-corrected chi connectivity index (χ1v) is 11.8. The molecule has 1 saturated carbocycles. The molecular formula is C24H30N4O5. The number of piperidine rings is 2. The molecule has 1 aliphatic carbocycles. The second kappa shape index (κ2) is 8.62. The number of fused-ring (bicyclic) bond motifs is 1. The van der Waals surface area contributed by atoms with Gasteiger partial charge in [-0.1, -0.05) is 6.07 Å². The van der Waals surface area contributed by atoms with E-state index >= 15 is 0 Å². The van der Waals surface area contributed by atoms with E-state index in [0.29, 0.717) is 30.3 Å². The number of nitrogens with zero attached hydrogens (tertiary/aromatic N) is 1. The van der Waals surface area contributed by atoms with Crippen molar-refractivity contribution < 1.29 is 23.9 Å². The summed E-state index contributed by atoms with van der Waals surface area (Å²) < 4.78 is 6.00. The average Bonchev–Trinajstić information content (AvgIpc) is 3.06. The van der Waals surface area contributed by atoms with Crippen LogP contribution in [0.3, 0.4) is 0 Å². The van der Waals surface area contributed by atoms with E-state index in [9.17, 15) is 19.2 Å². The molecule has 5 rings (SSSR count). The quantitative estimate of drug-likeness (QED) is 0.543. The summed E-state index contributed by atoms with van der Waals surface area (Å²) in [5.74, 6) is -1.92. The summed E-state index contributed by atoms with van der Waals surface area (Å²) in [5, 5.41) is 9.40. The van der Waals surface area contributed by atoms with Crippen LogP contribution < -0.4 is 16.0 Å². The van der Waals surface area contributed by atoms with Gasteiger partial charge < -0.3 is 15.4 Å². The van der Waals surface area contributed by atoms with Crippen molar-refractivity contribution in [3.05, 3.63) is 34.9 Å². The van der Waals surface area contributed by atoms with Gasteiger partial charge in [0.05, 0.1) is 17.2 Å². The molecule has 3 N–H and O–H groups in total. The van der Waals surface area contributed by atoms with Crippen molar-refractivity contribution >= 4 is 23.6 Å². The van der Waals surface area contributed by atoms with E-state index in [1.165, 1.54) is 0 Å². The summed E-state index contributed by atoms with van der Waals surface area (Å²) in [6, 6.07) is 4.66. The van der Waals surface area contributed by atoms with Crippen molar-refractivity contribution in [1.82, 2.24) is 20.9 Å². The molecule has 9 heteroatoms. The van der Waals surface area contributed by atoms with Gasteiger partial charge in [0, 0.05) is 37.6 Å². The van der Waals surface area contributed by atoms with Gasteiger partial charge in [-0.15, -0.1) is 0 Å². The lowest BCUT2D eigenvalue weighted by Gasteiger charge is -2.57. The molecule has 176 valence electrons. The highest BCUT2D eigenvalue weighted by Gasteiger charge is 2.55. The first-order valence-electron chi connectivity index (χ1n) is 11.8. The summed E-state index contributed by atoms with van der Waals surface area (Å²) in [5.41, 5.74) is 1.64. The molecule has 1 aromatic carbocycles. The van der Waals surface area contributed by atoms with Crippen LogP contribution in [0.2, 0.25) is 0 Å². The number of amides is 4. The summed E-state index contributed by atoms with van der Waals surface area (Å²) in [6.07, 6.45) is 3.74. The number of nitrogens with one attached hydrogen (secondary N) is 3. The van der Waals surface area contributed by atoms with Crippen LogP contribution in [0.1, 0.15) is 65.3 Å². The fourth-order valence-corrected chi connectivity index (χ4v) is 5.86. The van der Waals surface area contributed by atoms with E-state index in [1.54, 1.807) is 12.1 Å². The minimum atomic E-state index is -0.944. The number of benzene rings is 1. The van der Waals surface area contributed by atoms with Crippen LogP contribution in [0.15, 0.2) is 18.2 Å². The van der Waals surface area contributed by atoms with Gasteiger partial charge in [-0.25, -0.2) is 0 Å². The summed E-state index contributed by atoms with van der Waals surface area (Å²) >= 11 is 0. The van der Waals surface area contributed by atoms with Gasteiger partial charge in [0.25, 0.3) is 11.8 Å². The van der Waals surface area contributed by atoms with Crippen LogP contribution >= 0.6 is 0 Å². The Morgan fingerprint density at radius 2 is 2.00 bits per heavy atom. The Kier molecular flexibility index (Phi) is 5.80. The summed E-state index contributed by atoms with van der Waals surface area (Å²) in [7, 11) is 0. The average molecular weight is 455 g/mol. The zero-order valence-electron chi connectivity index (χ0n) is 18.8. The van der Waals surface area contributed by atoms with Crippen LogP contribution in [0, 0.1) is 5.41 Å². The predicted molar refractivity (Wildman–Crippen MR) is 118 cm³/mol. The smallest absolute Gasteiger partial charge is 0.262 e. The van der Waals surface area contributed by atoms with Crippen molar-refractivity contribution in [2.24, 2.45) is 5.41 Å². The normalized spacial score (nSPS) is 31.5. The van der Waals surface area contributed by atoms with E-state index in [4.69, 9.17) is 4.74 Å². The fourth-order valence-electron chi connectivity index (χ4n) is 5.86. The molecule has 1 aromatic rings. The van der Waals surface area contributed by atoms with Gasteiger partial charge in [0.2, 0.25) is 11.8 Å². The molecule has 33 heavy (non-hydrogen) atoms. The van der Waals surface area contributed by atoms with Gasteiger partial charge in [0.1, 0.15) is 6.04 Å². The third-order valence-corrected chi connectivity index (χ3v) is 7.66. The van der Waals surface area contributed by atoms with Gasteiger partial charge >= 0.3 is 0 Å². The van der Waals surface area contributed by atoms with E-state index in [0.717, 1.165) is 42.8 Å². The molecule has 1 spiro atoms. The van der Waals surface area contributed by atoms with Gasteiger partial charge in [-0.3, -0.25) is 29.4 Å². The third-order valence-electron chi connectivity index (χ3n) is 7.66. The van der Waals surface area contributed by atoms with Crippen molar-refractivity contribution in [3.63, 3.8) is 0 Å². The molecule has 0 aromatic heterocycles. The van der Waals surface area contributed by atoms with Crippen LogP contribution in [0.4, 0.5) is 0 Å². The molecule has 4 atom stereocenters. The highest BCUT2D eigenvalue weighted by molar-refractivity contribution is 6.23. The Labute approximate surface area is 192 Å². The molecule has 0 radical (unpaired) electrons. The minimum Gasteiger partial charge on any atom is -0.378 e. The lowest BCUT2D eigenvalue weighted by atomic mass is 9.58. The molecule has 3 fully saturated rings. The second-order valence-corrected chi connectivity index (χ2v) is 9.45. The molecule has 4 aliphatic rings. The molecular weight excluding hydrogens is 424 g/mol. The number of hydrogen-bond acceptors (Lipinski definition) is 7. The molecule has 3 aliphatic heterocycles. The van der Waals surface area contributed by atoms with Crippen molar-refractivity contribution in [1.29, 1.82) is 0 Å². The van der Waals surface area contributed by atoms with Gasteiger partial charge in [-0.05, 0) is 56.8 Å². The van der Waals surface area contributed by atoms with Crippen molar-refractivity contribution in [2.75, 3.05) is 19.7 Å². The van der Waals surface area contributed by atoms with E-state index in [2.05, 4.69) is 16.0 Å². The van der Waals surface area contributed by atoms with Crippen molar-refractivity contribution in [3.8, 4) is 0 Å². The Balaban J connectivity index is 1.28. The van der Waals surface area contributed by atoms with Crippen molar-refractivity contribution in [2.45, 2.75) is 63.8 Å². The maximum absolute atomic E-state index is 13.0. The highest BCUT2D eigenvalue weighted by atomic mass is 16.5. The number of carbonyl (C=O) groups excluding carboxylic acids is 4. The standard InChI is InChI=1S/C24H30N4O5/c1-2-33-19-11-18(24(19)8-3-9-25-13-24)26-12-14-4-5-15-16(10-14)23(32)28(22(15)31)17-6-7-20(29)27-21(17)30/h4-5,10,17-19,25-26H,2-3,6-9,11-13H2,1H3,(H,27,29,30). The Bertz CT molecular complexity index is 1000. The molecule has 9 nitrogen and oxygen atoms in total. The number of rotatable bonds is 6. The number of imide groups is 2. The van der Waals surface area contributed by atoms with Crippen LogP contribution in [0.25, 0.3) is 0 Å². The molecule has 2 saturated heterocycles. The number of ether oxygens (including phenoxy) is 1. The van der Waals surface area contributed by atoms with E-state index < -0.39 is 23.8 Å². The van der Waals surface area contributed by atoms with Crippen LogP contribution in [-0.2, 0) is 20.9 Å². The Morgan fingerprint density at radius 3 is 2.73 bits per heavy atom. The van der Waals surface area contributed by atoms with E-state index in [-0.39, 0.29) is 30.3 Å². The topological polar surface area (TPSA) is 117 Å². The number of carbonyl (C=O) groups is 4. The molecule has 4 unspecified atom stereocenters. The maximum atomic E-state index is 13.0. The van der Waals surface area contributed by atoms with Gasteiger partial charge in [-0.2, -0.15) is 0 Å².